The van der Waals surface area contributed by atoms with Crippen LogP contribution in [0.5, 0.6) is 0 Å². The lowest BCUT2D eigenvalue weighted by Crippen LogP contribution is -2.47. The van der Waals surface area contributed by atoms with Crippen LogP contribution < -0.4 is 16.2 Å². The Morgan fingerprint density at radius 3 is 2.61 bits per heavy atom. The lowest BCUT2D eigenvalue weighted by atomic mass is 10.0. The van der Waals surface area contributed by atoms with Gasteiger partial charge < -0.3 is 5.32 Å². The van der Waals surface area contributed by atoms with E-state index in [2.05, 4.69) is 22.7 Å². The molecule has 0 aliphatic heterocycles. The van der Waals surface area contributed by atoms with E-state index in [-0.39, 0.29) is 5.11 Å². The normalized spacial score (nSPS) is 12.1. The Labute approximate surface area is 141 Å². The van der Waals surface area contributed by atoms with Gasteiger partial charge in [-0.3, -0.25) is 15.6 Å². The third kappa shape index (κ3) is 6.16. The van der Waals surface area contributed by atoms with Crippen LogP contribution in [-0.2, 0) is 4.79 Å². The smallest absolute Gasteiger partial charge is 0.260 e. The highest BCUT2D eigenvalue weighted by atomic mass is 32.1. The Morgan fingerprint density at radius 1 is 1.35 bits per heavy atom. The molecule has 0 aliphatic rings. The van der Waals surface area contributed by atoms with Gasteiger partial charge in [-0.05, 0) is 36.9 Å². The van der Waals surface area contributed by atoms with Gasteiger partial charge in [0.05, 0.1) is 6.07 Å². The van der Waals surface area contributed by atoms with Crippen LogP contribution in [0, 0.1) is 11.3 Å². The highest BCUT2D eigenvalue weighted by Gasteiger charge is 2.19. The summed E-state index contributed by atoms with van der Waals surface area (Å²) >= 11 is 5.09. The third-order valence-corrected chi connectivity index (χ3v) is 2.93. The zero-order valence-corrected chi connectivity index (χ0v) is 13.6. The van der Waals surface area contributed by atoms with Crippen LogP contribution >= 0.6 is 12.2 Å². The fourth-order valence-corrected chi connectivity index (χ4v) is 1.90. The van der Waals surface area contributed by atoms with E-state index >= 15 is 0 Å². The molecule has 3 N–H and O–H groups in total. The van der Waals surface area contributed by atoms with Crippen LogP contribution in [0.2, 0.25) is 0 Å². The van der Waals surface area contributed by atoms with Gasteiger partial charge in [0.25, 0.3) is 5.91 Å². The predicted molar refractivity (Wildman–Crippen MR) is 94.9 cm³/mol. The van der Waals surface area contributed by atoms with Crippen LogP contribution in [0.4, 0.5) is 0 Å². The third-order valence-electron chi connectivity index (χ3n) is 2.72. The van der Waals surface area contributed by atoms with Gasteiger partial charge in [-0.25, -0.2) is 0 Å². The Kier molecular flexibility index (Phi) is 7.83. The zero-order valence-electron chi connectivity index (χ0n) is 12.7. The largest absolute Gasteiger partial charge is 0.331 e. The monoisotopic (exact) mass is 326 g/mol. The van der Waals surface area contributed by atoms with E-state index in [0.29, 0.717) is 11.3 Å². The van der Waals surface area contributed by atoms with E-state index in [1.165, 1.54) is 0 Å². The summed E-state index contributed by atoms with van der Waals surface area (Å²) in [6.45, 7) is 5.48. The van der Waals surface area contributed by atoms with E-state index < -0.39 is 11.8 Å². The molecule has 0 saturated heterocycles. The predicted octanol–water partition coefficient (Wildman–Crippen LogP) is 2.44. The molecule has 1 aromatic rings. The molecule has 1 amide bonds. The van der Waals surface area contributed by atoms with Crippen molar-refractivity contribution in [3.8, 4) is 6.07 Å². The van der Waals surface area contributed by atoms with E-state index in [9.17, 15) is 10.1 Å². The van der Waals surface area contributed by atoms with E-state index in [1.54, 1.807) is 42.5 Å². The second-order valence-electron chi connectivity index (χ2n) is 4.40. The van der Waals surface area contributed by atoms with Gasteiger partial charge in [0.15, 0.2) is 11.0 Å². The standard InChI is InChI=1S/C17H18N4OS/c1-3-8-14(9-4-2)19-17(23)21-20-16(22)15(12-18)13-10-6-5-7-11-13/h3-11,15H,1H2,2H3,(H,20,22)(H2,19,21,23)/b9-4-,14-8+. The maximum atomic E-state index is 12.1. The molecule has 23 heavy (non-hydrogen) atoms. The summed E-state index contributed by atoms with van der Waals surface area (Å²) in [5.74, 6) is -1.40. The summed E-state index contributed by atoms with van der Waals surface area (Å²) < 4.78 is 0. The van der Waals surface area contributed by atoms with Gasteiger partial charge in [-0.2, -0.15) is 5.26 Å². The van der Waals surface area contributed by atoms with Crippen molar-refractivity contribution in [3.63, 3.8) is 0 Å². The van der Waals surface area contributed by atoms with Crippen LogP contribution in [0.25, 0.3) is 0 Å². The van der Waals surface area contributed by atoms with Crippen molar-refractivity contribution in [3.05, 3.63) is 72.5 Å². The number of nitriles is 1. The number of hydrazine groups is 1. The number of carbonyl (C=O) groups is 1. The molecule has 6 heteroatoms. The minimum atomic E-state index is -0.912. The summed E-state index contributed by atoms with van der Waals surface area (Å²) in [7, 11) is 0. The highest BCUT2D eigenvalue weighted by molar-refractivity contribution is 7.80. The Balaban J connectivity index is 2.61. The molecule has 0 aliphatic carbocycles. The topological polar surface area (TPSA) is 76.9 Å². The number of rotatable bonds is 5. The van der Waals surface area contributed by atoms with Crippen molar-refractivity contribution < 1.29 is 4.79 Å². The lowest BCUT2D eigenvalue weighted by molar-refractivity contribution is -0.121. The first kappa shape index (κ1) is 18.1. The van der Waals surface area contributed by atoms with Gasteiger partial charge in [0.2, 0.25) is 0 Å². The molecule has 0 spiro atoms. The average Bonchev–Trinajstić information content (AvgIpc) is 2.55. The molecule has 0 radical (unpaired) electrons. The van der Waals surface area contributed by atoms with Gasteiger partial charge in [-0.15, -0.1) is 0 Å². The van der Waals surface area contributed by atoms with Crippen LogP contribution in [0.1, 0.15) is 18.4 Å². The minimum Gasteiger partial charge on any atom is -0.331 e. The molecule has 118 valence electrons. The number of nitrogens with zero attached hydrogens (tertiary/aromatic N) is 1. The summed E-state index contributed by atoms with van der Waals surface area (Å²) in [5, 5.41) is 12.3. The van der Waals surface area contributed by atoms with Crippen molar-refractivity contribution in [1.82, 2.24) is 16.2 Å². The number of thiocarbonyl (C=S) groups is 1. The molecule has 0 aromatic heterocycles. The maximum absolute atomic E-state index is 12.1. The van der Waals surface area contributed by atoms with E-state index in [0.717, 1.165) is 0 Å². The van der Waals surface area contributed by atoms with Gasteiger partial charge in [-0.1, -0.05) is 49.1 Å². The average molecular weight is 326 g/mol. The Bertz CT molecular complexity index is 659. The maximum Gasteiger partial charge on any atom is 0.260 e. The number of amides is 1. The second kappa shape index (κ2) is 9.92. The van der Waals surface area contributed by atoms with Crippen LogP contribution in [0.3, 0.4) is 0 Å². The molecule has 1 rings (SSSR count). The molecular weight excluding hydrogens is 308 g/mol. The fraction of sp³-hybridized carbons (Fsp3) is 0.118. The molecule has 1 aromatic carbocycles. The molecule has 1 atom stereocenters. The van der Waals surface area contributed by atoms with E-state index in [4.69, 9.17) is 12.2 Å². The summed E-state index contributed by atoms with van der Waals surface area (Å²) in [6, 6.07) is 10.8. The summed E-state index contributed by atoms with van der Waals surface area (Å²) in [5.41, 5.74) is 6.34. The lowest BCUT2D eigenvalue weighted by Gasteiger charge is -2.14. The van der Waals surface area contributed by atoms with Gasteiger partial charge in [0, 0.05) is 5.70 Å². The van der Waals surface area contributed by atoms with Crippen molar-refractivity contribution in [2.45, 2.75) is 12.8 Å². The minimum absolute atomic E-state index is 0.203. The van der Waals surface area contributed by atoms with Gasteiger partial charge in [0.1, 0.15) is 0 Å². The Hall–Kier alpha value is -2.91. The number of carbonyl (C=O) groups excluding carboxylic acids is 1. The highest BCUT2D eigenvalue weighted by Crippen LogP contribution is 2.13. The quantitative estimate of drug-likeness (QED) is 0.440. The first-order chi connectivity index (χ1) is 11.1. The first-order valence-electron chi connectivity index (χ1n) is 6.89. The molecule has 0 bridgehead atoms. The van der Waals surface area contributed by atoms with Gasteiger partial charge >= 0.3 is 0 Å². The molecule has 5 nitrogen and oxygen atoms in total. The number of hydrogen-bond donors (Lipinski definition) is 3. The number of nitrogens with one attached hydrogen (secondary N) is 3. The summed E-state index contributed by atoms with van der Waals surface area (Å²) in [6.07, 6.45) is 6.99. The molecule has 1 unspecified atom stereocenters. The number of benzene rings is 1. The fourth-order valence-electron chi connectivity index (χ4n) is 1.73. The van der Waals surface area contributed by atoms with Crippen LogP contribution in [-0.4, -0.2) is 11.0 Å². The number of allylic oxidation sites excluding steroid dienone is 4. The van der Waals surface area contributed by atoms with Crippen LogP contribution in [0.15, 0.2) is 66.9 Å². The van der Waals surface area contributed by atoms with Crippen molar-refractivity contribution >= 4 is 23.2 Å². The first-order valence-corrected chi connectivity index (χ1v) is 7.30. The second-order valence-corrected chi connectivity index (χ2v) is 4.81. The summed E-state index contributed by atoms with van der Waals surface area (Å²) in [4.78, 5) is 12.1. The Morgan fingerprint density at radius 2 is 2.04 bits per heavy atom. The molecule has 0 fully saturated rings. The molecule has 0 heterocycles. The SMILES string of the molecule is C=C/C=C(\C=C/C)NC(=S)NNC(=O)C(C#N)c1ccccc1. The zero-order chi connectivity index (χ0) is 17.1. The van der Waals surface area contributed by atoms with E-state index in [1.807, 2.05) is 25.1 Å². The number of hydrogen-bond acceptors (Lipinski definition) is 3. The van der Waals surface area contributed by atoms with Crippen molar-refractivity contribution in [2.24, 2.45) is 0 Å². The molecule has 0 saturated carbocycles. The van der Waals surface area contributed by atoms with Crippen molar-refractivity contribution in [2.75, 3.05) is 0 Å². The van der Waals surface area contributed by atoms with Crippen molar-refractivity contribution in [1.29, 1.82) is 5.26 Å². The molecular formula is C17H18N4OS.